The Bertz CT molecular complexity index is 973. The molecule has 0 radical (unpaired) electrons. The van der Waals surface area contributed by atoms with Crippen molar-refractivity contribution in [3.8, 4) is 11.5 Å². The van der Waals surface area contributed by atoms with Crippen LogP contribution in [0.15, 0.2) is 48.5 Å². The van der Waals surface area contributed by atoms with Gasteiger partial charge in [0.2, 0.25) is 11.8 Å². The minimum atomic E-state index is -0.324. The molecule has 4 amide bonds. The summed E-state index contributed by atoms with van der Waals surface area (Å²) in [5.74, 6) is 0.175. The lowest BCUT2D eigenvalue weighted by molar-refractivity contribution is -0.138. The lowest BCUT2D eigenvalue weighted by Crippen LogP contribution is -2.33. The first-order valence-corrected chi connectivity index (χ1v) is 10.2. The summed E-state index contributed by atoms with van der Waals surface area (Å²) in [5.41, 5.74) is 1.04. The number of nitrogens with one attached hydrogen (secondary N) is 2. The van der Waals surface area contributed by atoms with Crippen LogP contribution in [0.25, 0.3) is 0 Å². The Kier molecular flexibility index (Phi) is 7.80. The maximum atomic E-state index is 12.2. The van der Waals surface area contributed by atoms with Crippen molar-refractivity contribution in [3.05, 3.63) is 54.1 Å². The van der Waals surface area contributed by atoms with Crippen molar-refractivity contribution in [1.29, 1.82) is 0 Å². The number of carbonyl (C=O) groups is 4. The van der Waals surface area contributed by atoms with Gasteiger partial charge >= 0.3 is 0 Å². The maximum Gasteiger partial charge on any atom is 0.262 e. The predicted octanol–water partition coefficient (Wildman–Crippen LogP) is 1.98. The van der Waals surface area contributed by atoms with E-state index in [9.17, 15) is 19.2 Å². The Morgan fingerprint density at radius 3 is 2.41 bits per heavy atom. The highest BCUT2D eigenvalue weighted by atomic mass is 16.5. The minimum absolute atomic E-state index is 0.158. The van der Waals surface area contributed by atoms with Crippen LogP contribution in [0.4, 0.5) is 5.69 Å². The number of hydrogen-bond acceptors (Lipinski definition) is 6. The maximum absolute atomic E-state index is 12.2. The first-order valence-electron chi connectivity index (χ1n) is 10.2. The molecule has 2 aromatic carbocycles. The highest BCUT2D eigenvalue weighted by Gasteiger charge is 2.27. The van der Waals surface area contributed by atoms with E-state index in [0.29, 0.717) is 42.3 Å². The molecule has 9 nitrogen and oxygen atoms in total. The molecule has 1 saturated heterocycles. The summed E-state index contributed by atoms with van der Waals surface area (Å²) < 4.78 is 10.6. The molecular formula is C23H25N3O6. The van der Waals surface area contributed by atoms with Gasteiger partial charge in [0.25, 0.3) is 11.8 Å². The second kappa shape index (κ2) is 10.9. The van der Waals surface area contributed by atoms with Crippen molar-refractivity contribution in [3.63, 3.8) is 0 Å². The van der Waals surface area contributed by atoms with E-state index >= 15 is 0 Å². The molecule has 3 rings (SSSR count). The van der Waals surface area contributed by atoms with Gasteiger partial charge in [-0.05, 0) is 42.8 Å². The fraction of sp³-hybridized carbons (Fsp3) is 0.304. The molecule has 1 fully saturated rings. The van der Waals surface area contributed by atoms with E-state index in [-0.39, 0.29) is 43.1 Å². The summed E-state index contributed by atoms with van der Waals surface area (Å²) in [5, 5.41) is 5.47. The quantitative estimate of drug-likeness (QED) is 0.432. The molecule has 1 heterocycles. The van der Waals surface area contributed by atoms with E-state index in [2.05, 4.69) is 10.6 Å². The largest absolute Gasteiger partial charge is 0.497 e. The second-order valence-electron chi connectivity index (χ2n) is 7.14. The summed E-state index contributed by atoms with van der Waals surface area (Å²) in [6.07, 6.45) is 1.03. The van der Waals surface area contributed by atoms with Crippen molar-refractivity contribution in [2.24, 2.45) is 0 Å². The predicted molar refractivity (Wildman–Crippen MR) is 116 cm³/mol. The SMILES string of the molecule is COc1cccc(NC(=O)COc2ccc(C(=O)NCCCN3C(=O)CCC3=O)cc2)c1. The zero-order valence-corrected chi connectivity index (χ0v) is 17.8. The first kappa shape index (κ1) is 22.8. The van der Waals surface area contributed by atoms with Crippen LogP contribution >= 0.6 is 0 Å². The number of rotatable bonds is 10. The molecule has 2 N–H and O–H groups in total. The van der Waals surface area contributed by atoms with Crippen LogP contribution in [-0.2, 0) is 14.4 Å². The average molecular weight is 439 g/mol. The van der Waals surface area contributed by atoms with E-state index in [4.69, 9.17) is 9.47 Å². The van der Waals surface area contributed by atoms with Crippen molar-refractivity contribution in [1.82, 2.24) is 10.2 Å². The Hall–Kier alpha value is -3.88. The smallest absolute Gasteiger partial charge is 0.262 e. The monoisotopic (exact) mass is 439 g/mol. The van der Waals surface area contributed by atoms with Crippen LogP contribution in [-0.4, -0.2) is 55.3 Å². The van der Waals surface area contributed by atoms with E-state index < -0.39 is 0 Å². The van der Waals surface area contributed by atoms with Crippen molar-refractivity contribution in [2.45, 2.75) is 19.3 Å². The van der Waals surface area contributed by atoms with Crippen LogP contribution in [0.3, 0.4) is 0 Å². The zero-order valence-electron chi connectivity index (χ0n) is 17.8. The van der Waals surface area contributed by atoms with Crippen LogP contribution in [0.2, 0.25) is 0 Å². The van der Waals surface area contributed by atoms with Gasteiger partial charge < -0.3 is 20.1 Å². The highest BCUT2D eigenvalue weighted by molar-refractivity contribution is 6.01. The molecule has 32 heavy (non-hydrogen) atoms. The number of ether oxygens (including phenoxy) is 2. The average Bonchev–Trinajstić information content (AvgIpc) is 3.12. The number of nitrogens with zero attached hydrogens (tertiary/aromatic N) is 1. The van der Waals surface area contributed by atoms with E-state index in [0.717, 1.165) is 0 Å². The van der Waals surface area contributed by atoms with Gasteiger partial charge in [-0.25, -0.2) is 0 Å². The van der Waals surface area contributed by atoms with Crippen LogP contribution in [0.1, 0.15) is 29.6 Å². The number of carbonyl (C=O) groups excluding carboxylic acids is 4. The number of anilines is 1. The molecule has 0 atom stereocenters. The third-order valence-electron chi connectivity index (χ3n) is 4.84. The number of imide groups is 1. The van der Waals surface area contributed by atoms with Gasteiger partial charge in [0.05, 0.1) is 7.11 Å². The molecule has 1 aliphatic heterocycles. The standard InChI is InChI=1S/C23H25N3O6/c1-31-19-5-2-4-17(14-19)25-20(27)15-32-18-8-6-16(7-9-18)23(30)24-12-3-13-26-21(28)10-11-22(26)29/h2,4-9,14H,3,10-13,15H2,1H3,(H,24,30)(H,25,27). The Labute approximate surface area is 185 Å². The van der Waals surface area contributed by atoms with Gasteiger partial charge in [-0.3, -0.25) is 24.1 Å². The van der Waals surface area contributed by atoms with Gasteiger partial charge in [0, 0.05) is 43.2 Å². The molecular weight excluding hydrogens is 414 g/mol. The van der Waals surface area contributed by atoms with Crippen molar-refractivity contribution in [2.75, 3.05) is 32.1 Å². The Morgan fingerprint density at radius 2 is 1.72 bits per heavy atom. The summed E-state index contributed by atoms with van der Waals surface area (Å²) in [4.78, 5) is 48.6. The lowest BCUT2D eigenvalue weighted by Gasteiger charge is -2.13. The van der Waals surface area contributed by atoms with Gasteiger partial charge in [-0.2, -0.15) is 0 Å². The molecule has 1 aliphatic rings. The fourth-order valence-electron chi connectivity index (χ4n) is 3.16. The molecule has 9 heteroatoms. The van der Waals surface area contributed by atoms with Gasteiger partial charge in [-0.15, -0.1) is 0 Å². The van der Waals surface area contributed by atoms with E-state index in [1.165, 1.54) is 4.90 Å². The van der Waals surface area contributed by atoms with Crippen molar-refractivity contribution < 1.29 is 28.7 Å². The molecule has 0 unspecified atom stereocenters. The van der Waals surface area contributed by atoms with Crippen LogP contribution in [0.5, 0.6) is 11.5 Å². The third-order valence-corrected chi connectivity index (χ3v) is 4.84. The zero-order chi connectivity index (χ0) is 22.9. The molecule has 2 aromatic rings. The third kappa shape index (κ3) is 6.31. The summed E-state index contributed by atoms with van der Waals surface area (Å²) in [6, 6.07) is 13.4. The fourth-order valence-corrected chi connectivity index (χ4v) is 3.16. The molecule has 0 aliphatic carbocycles. The van der Waals surface area contributed by atoms with Crippen LogP contribution in [0, 0.1) is 0 Å². The summed E-state index contributed by atoms with van der Waals surface area (Å²) in [7, 11) is 1.55. The Balaban J connectivity index is 1.39. The molecule has 0 bridgehead atoms. The number of amides is 4. The molecule has 168 valence electrons. The molecule has 0 saturated carbocycles. The van der Waals surface area contributed by atoms with Crippen LogP contribution < -0.4 is 20.1 Å². The first-order chi connectivity index (χ1) is 15.5. The van der Waals surface area contributed by atoms with Gasteiger partial charge in [-0.1, -0.05) is 6.07 Å². The Morgan fingerprint density at radius 1 is 1.00 bits per heavy atom. The summed E-state index contributed by atoms with van der Waals surface area (Å²) in [6.45, 7) is 0.470. The second-order valence-corrected chi connectivity index (χ2v) is 7.14. The van der Waals surface area contributed by atoms with Crippen molar-refractivity contribution >= 4 is 29.3 Å². The number of hydrogen-bond donors (Lipinski definition) is 2. The van der Waals surface area contributed by atoms with E-state index in [1.807, 2.05) is 0 Å². The highest BCUT2D eigenvalue weighted by Crippen LogP contribution is 2.17. The number of likely N-dealkylation sites (tertiary alicyclic amines) is 1. The number of methoxy groups -OCH3 is 1. The molecule has 0 aromatic heterocycles. The van der Waals surface area contributed by atoms with E-state index in [1.54, 1.807) is 55.6 Å². The normalized spacial score (nSPS) is 13.1. The molecule has 0 spiro atoms. The lowest BCUT2D eigenvalue weighted by atomic mass is 10.2. The summed E-state index contributed by atoms with van der Waals surface area (Å²) >= 11 is 0. The number of benzene rings is 2. The van der Waals surface area contributed by atoms with Gasteiger partial charge in [0.1, 0.15) is 11.5 Å². The minimum Gasteiger partial charge on any atom is -0.497 e. The topological polar surface area (TPSA) is 114 Å². The van der Waals surface area contributed by atoms with Gasteiger partial charge in [0.15, 0.2) is 6.61 Å².